The van der Waals surface area contributed by atoms with Crippen LogP contribution in [0.15, 0.2) is 60.8 Å². The van der Waals surface area contributed by atoms with Gasteiger partial charge < -0.3 is 20.9 Å². The molecule has 1 saturated heterocycles. The average molecular weight is 505 g/mol. The van der Waals surface area contributed by atoms with Gasteiger partial charge in [0.05, 0.1) is 0 Å². The number of halogens is 5. The zero-order chi connectivity index (χ0) is 25.7. The van der Waals surface area contributed by atoms with Gasteiger partial charge in [-0.05, 0) is 60.9 Å². The summed E-state index contributed by atoms with van der Waals surface area (Å²) in [5, 5.41) is 8.35. The van der Waals surface area contributed by atoms with Crippen molar-refractivity contribution in [1.82, 2.24) is 10.3 Å². The lowest BCUT2D eigenvalue weighted by Crippen LogP contribution is -2.48. The van der Waals surface area contributed by atoms with Crippen LogP contribution in [0.25, 0.3) is 0 Å². The van der Waals surface area contributed by atoms with E-state index in [1.807, 2.05) is 29.6 Å². The van der Waals surface area contributed by atoms with Gasteiger partial charge in [-0.15, -0.1) is 0 Å². The van der Waals surface area contributed by atoms with Crippen molar-refractivity contribution in [2.24, 2.45) is 0 Å². The first-order chi connectivity index (χ1) is 17.2. The van der Waals surface area contributed by atoms with Crippen LogP contribution in [0.4, 0.5) is 44.8 Å². The molecular formula is C25H24F5N5O. The number of carbonyl (C=O) groups excluding carboxylic acids is 1. The topological polar surface area (TPSA) is 69.3 Å². The molecule has 0 unspecified atom stereocenters. The van der Waals surface area contributed by atoms with E-state index in [9.17, 15) is 26.7 Å². The fraction of sp³-hybridized carbons (Fsp3) is 0.280. The minimum atomic E-state index is -4.87. The van der Waals surface area contributed by atoms with Gasteiger partial charge in [0, 0.05) is 61.1 Å². The molecule has 6 nitrogen and oxygen atoms in total. The van der Waals surface area contributed by atoms with Crippen LogP contribution in [0, 0.1) is 11.6 Å². The highest BCUT2D eigenvalue weighted by molar-refractivity contribution is 5.82. The van der Waals surface area contributed by atoms with Gasteiger partial charge in [-0.2, -0.15) is 13.2 Å². The number of nitrogens with one attached hydrogen (secondary N) is 3. The SMILES string of the molecule is O=C(NC1CCN(c2ccc(Nc3cc(NCc4cc(F)cc(F)c4)ccn3)cc2)CC1)C(F)(F)F. The quantitative estimate of drug-likeness (QED) is 0.377. The van der Waals surface area contributed by atoms with Gasteiger partial charge in [0.2, 0.25) is 0 Å². The van der Waals surface area contributed by atoms with Gasteiger partial charge in [0.15, 0.2) is 0 Å². The van der Waals surface area contributed by atoms with Crippen molar-refractivity contribution in [3.05, 3.63) is 78.0 Å². The normalized spacial score (nSPS) is 14.4. The number of benzene rings is 2. The third kappa shape index (κ3) is 6.83. The zero-order valence-corrected chi connectivity index (χ0v) is 19.1. The van der Waals surface area contributed by atoms with Crippen LogP contribution < -0.4 is 20.9 Å². The van der Waals surface area contributed by atoms with E-state index in [0.717, 1.165) is 17.4 Å². The van der Waals surface area contributed by atoms with Crippen LogP contribution in [-0.4, -0.2) is 36.2 Å². The maximum absolute atomic E-state index is 13.4. The number of pyridine rings is 1. The van der Waals surface area contributed by atoms with Gasteiger partial charge in [0.25, 0.3) is 0 Å². The van der Waals surface area contributed by atoms with E-state index < -0.39 is 29.8 Å². The second-order valence-corrected chi connectivity index (χ2v) is 8.47. The van der Waals surface area contributed by atoms with Crippen LogP contribution in [-0.2, 0) is 11.3 Å². The molecule has 36 heavy (non-hydrogen) atoms. The summed E-state index contributed by atoms with van der Waals surface area (Å²) < 4.78 is 64.0. The van der Waals surface area contributed by atoms with Crippen LogP contribution in [0.5, 0.6) is 0 Å². The van der Waals surface area contributed by atoms with E-state index in [1.165, 1.54) is 12.1 Å². The van der Waals surface area contributed by atoms with E-state index in [2.05, 4.69) is 20.5 Å². The molecule has 1 aliphatic rings. The minimum absolute atomic E-state index is 0.239. The minimum Gasteiger partial charge on any atom is -0.381 e. The number of hydrogen-bond donors (Lipinski definition) is 3. The molecule has 11 heteroatoms. The summed E-state index contributed by atoms with van der Waals surface area (Å²) in [5.41, 5.74) is 2.89. The molecule has 0 spiro atoms. The Labute approximate surface area is 204 Å². The number of carbonyl (C=O) groups is 1. The zero-order valence-electron chi connectivity index (χ0n) is 19.1. The molecule has 3 N–H and O–H groups in total. The summed E-state index contributed by atoms with van der Waals surface area (Å²) in [6, 6.07) is 13.9. The number of rotatable bonds is 7. The Bertz CT molecular complexity index is 1170. The van der Waals surface area contributed by atoms with Crippen molar-refractivity contribution in [1.29, 1.82) is 0 Å². The molecule has 1 aliphatic heterocycles. The maximum Gasteiger partial charge on any atom is 0.471 e. The number of amides is 1. The first-order valence-electron chi connectivity index (χ1n) is 11.3. The van der Waals surface area contributed by atoms with Gasteiger partial charge >= 0.3 is 12.1 Å². The lowest BCUT2D eigenvalue weighted by Gasteiger charge is -2.34. The van der Waals surface area contributed by atoms with Crippen molar-refractivity contribution in [3.8, 4) is 0 Å². The van der Waals surface area contributed by atoms with Gasteiger partial charge in [0.1, 0.15) is 17.5 Å². The van der Waals surface area contributed by atoms with E-state index in [1.54, 1.807) is 18.3 Å². The molecule has 0 bridgehead atoms. The highest BCUT2D eigenvalue weighted by Crippen LogP contribution is 2.25. The number of nitrogens with zero attached hydrogens (tertiary/aromatic N) is 2. The van der Waals surface area contributed by atoms with Gasteiger partial charge in [-0.25, -0.2) is 13.8 Å². The van der Waals surface area contributed by atoms with E-state index in [0.29, 0.717) is 43.0 Å². The molecule has 190 valence electrons. The van der Waals surface area contributed by atoms with Crippen LogP contribution >= 0.6 is 0 Å². The predicted molar refractivity (Wildman–Crippen MR) is 127 cm³/mol. The lowest BCUT2D eigenvalue weighted by molar-refractivity contribution is -0.174. The third-order valence-corrected chi connectivity index (χ3v) is 5.77. The fourth-order valence-electron chi connectivity index (χ4n) is 3.98. The second-order valence-electron chi connectivity index (χ2n) is 8.47. The summed E-state index contributed by atoms with van der Waals surface area (Å²) in [7, 11) is 0. The van der Waals surface area contributed by atoms with Crippen molar-refractivity contribution >= 4 is 28.8 Å². The van der Waals surface area contributed by atoms with Crippen molar-refractivity contribution < 1.29 is 26.7 Å². The first kappa shape index (κ1) is 25.2. The van der Waals surface area contributed by atoms with E-state index in [4.69, 9.17) is 0 Å². The van der Waals surface area contributed by atoms with Crippen molar-refractivity contribution in [2.75, 3.05) is 28.6 Å². The molecular weight excluding hydrogens is 481 g/mol. The fourth-order valence-corrected chi connectivity index (χ4v) is 3.98. The van der Waals surface area contributed by atoms with Crippen molar-refractivity contribution in [2.45, 2.75) is 31.6 Å². The molecule has 2 heterocycles. The molecule has 1 aromatic heterocycles. The molecule has 0 saturated carbocycles. The Hall–Kier alpha value is -3.89. The molecule has 0 atom stereocenters. The Morgan fingerprint density at radius 3 is 2.25 bits per heavy atom. The lowest BCUT2D eigenvalue weighted by atomic mass is 10.0. The standard InChI is InChI=1S/C25H24F5N5O/c26-17-11-16(12-18(27)13-17)15-32-21-5-8-31-23(14-21)33-19-1-3-22(4-2-19)35-9-6-20(7-10-35)34-24(36)25(28,29)30/h1-5,8,11-14,20H,6-7,9-10,15H2,(H,34,36)(H2,31,32,33). The molecule has 3 aromatic rings. The van der Waals surface area contributed by atoms with Gasteiger partial charge in [-0.1, -0.05) is 0 Å². The monoisotopic (exact) mass is 505 g/mol. The highest BCUT2D eigenvalue weighted by Gasteiger charge is 2.40. The Morgan fingerprint density at radius 1 is 0.944 bits per heavy atom. The highest BCUT2D eigenvalue weighted by atomic mass is 19.4. The summed E-state index contributed by atoms with van der Waals surface area (Å²) in [4.78, 5) is 17.5. The molecule has 1 amide bonds. The summed E-state index contributed by atoms with van der Waals surface area (Å²) in [6.07, 6.45) is -2.42. The number of hydrogen-bond acceptors (Lipinski definition) is 5. The summed E-state index contributed by atoms with van der Waals surface area (Å²) in [6.45, 7) is 1.30. The Balaban J connectivity index is 1.29. The maximum atomic E-state index is 13.4. The molecule has 0 aliphatic carbocycles. The van der Waals surface area contributed by atoms with E-state index >= 15 is 0 Å². The number of anilines is 4. The summed E-state index contributed by atoms with van der Waals surface area (Å²) >= 11 is 0. The predicted octanol–water partition coefficient (Wildman–Crippen LogP) is 5.36. The summed E-state index contributed by atoms with van der Waals surface area (Å²) in [5.74, 6) is -2.60. The Kier molecular flexibility index (Phi) is 7.56. The molecule has 4 rings (SSSR count). The van der Waals surface area contributed by atoms with E-state index in [-0.39, 0.29) is 6.54 Å². The van der Waals surface area contributed by atoms with Crippen LogP contribution in [0.1, 0.15) is 18.4 Å². The molecule has 0 radical (unpaired) electrons. The molecule has 2 aromatic carbocycles. The van der Waals surface area contributed by atoms with Crippen LogP contribution in [0.3, 0.4) is 0 Å². The number of aromatic nitrogens is 1. The van der Waals surface area contributed by atoms with Crippen LogP contribution in [0.2, 0.25) is 0 Å². The average Bonchev–Trinajstić information content (AvgIpc) is 2.83. The number of piperidine rings is 1. The molecule has 1 fully saturated rings. The third-order valence-electron chi connectivity index (χ3n) is 5.77. The number of alkyl halides is 3. The Morgan fingerprint density at radius 2 is 1.61 bits per heavy atom. The van der Waals surface area contributed by atoms with Crippen molar-refractivity contribution in [3.63, 3.8) is 0 Å². The van der Waals surface area contributed by atoms with Gasteiger partial charge in [-0.3, -0.25) is 4.79 Å². The second kappa shape index (κ2) is 10.8. The smallest absolute Gasteiger partial charge is 0.381 e. The largest absolute Gasteiger partial charge is 0.471 e. The first-order valence-corrected chi connectivity index (χ1v) is 11.3.